The van der Waals surface area contributed by atoms with E-state index in [1.165, 1.54) is 18.4 Å². The van der Waals surface area contributed by atoms with Gasteiger partial charge in [0, 0.05) is 13.1 Å². The van der Waals surface area contributed by atoms with Crippen LogP contribution in [-0.4, -0.2) is 50.8 Å². The van der Waals surface area contributed by atoms with Gasteiger partial charge in [0.15, 0.2) is 11.5 Å². The summed E-state index contributed by atoms with van der Waals surface area (Å²) in [6.07, 6.45) is 2.04. The van der Waals surface area contributed by atoms with Crippen LogP contribution in [0.15, 0.2) is 64.1 Å². The fraction of sp³-hybridized carbons (Fsp3) is 0.292. The summed E-state index contributed by atoms with van der Waals surface area (Å²) in [5.74, 6) is 0.675. The summed E-state index contributed by atoms with van der Waals surface area (Å²) in [4.78, 5) is 14.7. The predicted molar refractivity (Wildman–Crippen MR) is 121 cm³/mol. The Morgan fingerprint density at radius 2 is 1.76 bits per heavy atom. The zero-order valence-corrected chi connectivity index (χ0v) is 19.7. The summed E-state index contributed by atoms with van der Waals surface area (Å²) in [7, 11) is -0.973. The van der Waals surface area contributed by atoms with Crippen molar-refractivity contribution >= 4 is 15.9 Å². The number of amides is 1. The molecule has 0 atom stereocenters. The van der Waals surface area contributed by atoms with E-state index in [1.54, 1.807) is 31.3 Å². The number of ether oxygens (including phenoxy) is 2. The third kappa shape index (κ3) is 4.92. The summed E-state index contributed by atoms with van der Waals surface area (Å²) in [5, 5.41) is 0. The van der Waals surface area contributed by atoms with E-state index in [9.17, 15) is 17.6 Å². The molecule has 0 radical (unpaired) electrons. The first-order chi connectivity index (χ1) is 16.3. The minimum Gasteiger partial charge on any atom is -0.493 e. The molecule has 0 unspecified atom stereocenters. The van der Waals surface area contributed by atoms with Gasteiger partial charge in [-0.15, -0.1) is 0 Å². The fourth-order valence-electron chi connectivity index (χ4n) is 3.90. The standard InChI is InChI=1S/C24H25FN2O6S/c1-31-22-12-17-9-10-26(14-18(17)13-23(22)32-2)24(28)16-27(15-20-4-3-11-33-20)34(29,30)21-7-5-19(25)6-8-21/h3-8,11-13H,9-10,14-16H2,1-2H3. The highest BCUT2D eigenvalue weighted by Crippen LogP contribution is 2.33. The molecule has 1 amide bonds. The summed E-state index contributed by atoms with van der Waals surface area (Å²) in [6, 6.07) is 11.5. The van der Waals surface area contributed by atoms with Crippen LogP contribution >= 0.6 is 0 Å². The zero-order chi connectivity index (χ0) is 24.3. The zero-order valence-electron chi connectivity index (χ0n) is 18.9. The smallest absolute Gasteiger partial charge is 0.243 e. The van der Waals surface area contributed by atoms with E-state index in [1.807, 2.05) is 12.1 Å². The van der Waals surface area contributed by atoms with Crippen molar-refractivity contribution in [2.45, 2.75) is 24.4 Å². The van der Waals surface area contributed by atoms with Crippen LogP contribution in [0.2, 0.25) is 0 Å². The molecule has 0 N–H and O–H groups in total. The van der Waals surface area contributed by atoms with Gasteiger partial charge >= 0.3 is 0 Å². The molecule has 3 aromatic rings. The number of hydrogen-bond donors (Lipinski definition) is 0. The molecule has 0 saturated heterocycles. The number of carbonyl (C=O) groups excluding carboxylic acids is 1. The maximum Gasteiger partial charge on any atom is 0.243 e. The summed E-state index contributed by atoms with van der Waals surface area (Å²) < 4.78 is 57.0. The molecule has 2 heterocycles. The number of sulfonamides is 1. The molecule has 0 spiro atoms. The van der Waals surface area contributed by atoms with E-state index in [2.05, 4.69) is 0 Å². The fourth-order valence-corrected chi connectivity index (χ4v) is 5.26. The van der Waals surface area contributed by atoms with Gasteiger partial charge in [-0.1, -0.05) is 0 Å². The Kier molecular flexibility index (Phi) is 6.90. The second kappa shape index (κ2) is 9.86. The molecular formula is C24H25FN2O6S. The molecule has 0 saturated carbocycles. The van der Waals surface area contributed by atoms with Crippen LogP contribution in [-0.2, 0) is 34.3 Å². The lowest BCUT2D eigenvalue weighted by Gasteiger charge is -2.31. The molecule has 4 rings (SSSR count). The van der Waals surface area contributed by atoms with Gasteiger partial charge in [0.1, 0.15) is 11.6 Å². The summed E-state index contributed by atoms with van der Waals surface area (Å²) in [6.45, 7) is 0.239. The van der Waals surface area contributed by atoms with E-state index in [-0.39, 0.29) is 23.9 Å². The lowest BCUT2D eigenvalue weighted by Crippen LogP contribution is -2.44. The van der Waals surface area contributed by atoms with Crippen LogP contribution in [0.3, 0.4) is 0 Å². The van der Waals surface area contributed by atoms with E-state index < -0.39 is 15.8 Å². The molecule has 1 aromatic heterocycles. The molecule has 0 bridgehead atoms. The Bertz CT molecular complexity index is 1260. The average molecular weight is 489 g/mol. The molecular weight excluding hydrogens is 463 g/mol. The van der Waals surface area contributed by atoms with Crippen LogP contribution in [0.5, 0.6) is 11.5 Å². The van der Waals surface area contributed by atoms with Crippen molar-refractivity contribution in [2.75, 3.05) is 27.3 Å². The second-order valence-electron chi connectivity index (χ2n) is 7.85. The van der Waals surface area contributed by atoms with Crippen molar-refractivity contribution in [1.29, 1.82) is 0 Å². The molecule has 8 nitrogen and oxygen atoms in total. The van der Waals surface area contributed by atoms with Gasteiger partial charge < -0.3 is 18.8 Å². The quantitative estimate of drug-likeness (QED) is 0.484. The highest BCUT2D eigenvalue weighted by atomic mass is 32.2. The molecule has 1 aliphatic rings. The van der Waals surface area contributed by atoms with E-state index in [0.717, 1.165) is 27.6 Å². The maximum absolute atomic E-state index is 13.4. The Balaban J connectivity index is 1.57. The van der Waals surface area contributed by atoms with Gasteiger partial charge in [-0.3, -0.25) is 4.79 Å². The Morgan fingerprint density at radius 3 is 2.38 bits per heavy atom. The van der Waals surface area contributed by atoms with Crippen molar-refractivity contribution < 1.29 is 31.5 Å². The van der Waals surface area contributed by atoms with Gasteiger partial charge in [-0.25, -0.2) is 12.8 Å². The van der Waals surface area contributed by atoms with Crippen molar-refractivity contribution in [2.24, 2.45) is 0 Å². The number of benzene rings is 2. The number of halogens is 1. The minimum absolute atomic E-state index is 0.103. The largest absolute Gasteiger partial charge is 0.493 e. The number of rotatable bonds is 8. The number of furan rings is 1. The van der Waals surface area contributed by atoms with E-state index in [0.29, 0.717) is 36.8 Å². The number of fused-ring (bicyclic) bond motifs is 1. The average Bonchev–Trinajstić information content (AvgIpc) is 3.35. The van der Waals surface area contributed by atoms with Gasteiger partial charge in [-0.05, 0) is 66.1 Å². The van der Waals surface area contributed by atoms with Crippen LogP contribution < -0.4 is 9.47 Å². The number of nitrogens with zero attached hydrogens (tertiary/aromatic N) is 2. The van der Waals surface area contributed by atoms with Crippen LogP contribution in [0.25, 0.3) is 0 Å². The SMILES string of the molecule is COc1cc2c(cc1OC)CN(C(=O)CN(Cc1ccco1)S(=O)(=O)c1ccc(F)cc1)CC2. The van der Waals surface area contributed by atoms with Gasteiger partial charge in [0.2, 0.25) is 15.9 Å². The first kappa shape index (κ1) is 23.8. The van der Waals surface area contributed by atoms with Gasteiger partial charge in [0.25, 0.3) is 0 Å². The van der Waals surface area contributed by atoms with Crippen LogP contribution in [0, 0.1) is 5.82 Å². The molecule has 0 fully saturated rings. The topological polar surface area (TPSA) is 89.3 Å². The number of methoxy groups -OCH3 is 2. The Morgan fingerprint density at radius 1 is 1.09 bits per heavy atom. The number of hydrogen-bond acceptors (Lipinski definition) is 6. The van der Waals surface area contributed by atoms with Crippen LogP contribution in [0.4, 0.5) is 4.39 Å². The van der Waals surface area contributed by atoms with Gasteiger partial charge in [-0.2, -0.15) is 4.31 Å². The number of carbonyl (C=O) groups is 1. The second-order valence-corrected chi connectivity index (χ2v) is 9.79. The van der Waals surface area contributed by atoms with E-state index in [4.69, 9.17) is 13.9 Å². The maximum atomic E-state index is 13.4. The molecule has 34 heavy (non-hydrogen) atoms. The molecule has 180 valence electrons. The molecule has 2 aromatic carbocycles. The Hall–Kier alpha value is -3.37. The highest BCUT2D eigenvalue weighted by molar-refractivity contribution is 7.89. The van der Waals surface area contributed by atoms with Gasteiger partial charge in [0.05, 0.1) is 38.5 Å². The first-order valence-corrected chi connectivity index (χ1v) is 12.1. The minimum atomic E-state index is -4.09. The van der Waals surface area contributed by atoms with Crippen LogP contribution in [0.1, 0.15) is 16.9 Å². The normalized spacial score (nSPS) is 13.6. The first-order valence-electron chi connectivity index (χ1n) is 10.6. The molecule has 0 aliphatic carbocycles. The van der Waals surface area contributed by atoms with Crippen molar-refractivity contribution in [1.82, 2.24) is 9.21 Å². The highest BCUT2D eigenvalue weighted by Gasteiger charge is 2.31. The molecule has 10 heteroatoms. The van der Waals surface area contributed by atoms with E-state index >= 15 is 0 Å². The summed E-state index contributed by atoms with van der Waals surface area (Å²) in [5.41, 5.74) is 1.96. The lowest BCUT2D eigenvalue weighted by molar-refractivity contribution is -0.132. The third-order valence-electron chi connectivity index (χ3n) is 5.75. The Labute approximate surface area is 197 Å². The van der Waals surface area contributed by atoms with Crippen molar-refractivity contribution in [3.8, 4) is 11.5 Å². The monoisotopic (exact) mass is 488 g/mol. The van der Waals surface area contributed by atoms with Crippen molar-refractivity contribution in [3.05, 3.63) is 77.5 Å². The van der Waals surface area contributed by atoms with Crippen molar-refractivity contribution in [3.63, 3.8) is 0 Å². The molecule has 1 aliphatic heterocycles. The summed E-state index contributed by atoms with van der Waals surface area (Å²) >= 11 is 0. The predicted octanol–water partition coefficient (Wildman–Crippen LogP) is 3.21. The third-order valence-corrected chi connectivity index (χ3v) is 7.55. The lowest BCUT2D eigenvalue weighted by atomic mass is 9.98.